The van der Waals surface area contributed by atoms with Gasteiger partial charge >= 0.3 is 0 Å². The van der Waals surface area contributed by atoms with Crippen molar-refractivity contribution in [3.63, 3.8) is 0 Å². The molecule has 0 aromatic carbocycles. The molecule has 1 N–H and O–H groups in total. The van der Waals surface area contributed by atoms with Gasteiger partial charge in [0.2, 0.25) is 0 Å². The Bertz CT molecular complexity index is 202. The van der Waals surface area contributed by atoms with Crippen LogP contribution in [-0.2, 0) is 9.47 Å². The number of rotatable bonds is 9. The van der Waals surface area contributed by atoms with Crippen LogP contribution in [0.1, 0.15) is 33.1 Å². The van der Waals surface area contributed by atoms with Crippen molar-refractivity contribution in [2.75, 3.05) is 46.6 Å². The molecule has 4 nitrogen and oxygen atoms in total. The van der Waals surface area contributed by atoms with Crippen LogP contribution < -0.4 is 5.32 Å². The number of nitrogens with one attached hydrogen (secondary N) is 1. The number of methoxy groups -OCH3 is 1. The number of piperazine rings is 1. The fraction of sp³-hybridized carbons (Fsp3) is 1.00. The van der Waals surface area contributed by atoms with Gasteiger partial charge in [0, 0.05) is 38.8 Å². The van der Waals surface area contributed by atoms with Gasteiger partial charge in [-0.2, -0.15) is 0 Å². The van der Waals surface area contributed by atoms with Gasteiger partial charge in [-0.1, -0.05) is 20.3 Å². The minimum absolute atomic E-state index is 0.650. The highest BCUT2D eigenvalue weighted by Gasteiger charge is 2.25. The summed E-state index contributed by atoms with van der Waals surface area (Å²) in [7, 11) is 1.71. The Balaban J connectivity index is 2.26. The molecule has 1 saturated heterocycles. The van der Waals surface area contributed by atoms with Crippen molar-refractivity contribution in [1.29, 1.82) is 0 Å². The Hall–Kier alpha value is -0.160. The molecular weight excluding hydrogens is 228 g/mol. The second kappa shape index (κ2) is 9.73. The van der Waals surface area contributed by atoms with Crippen LogP contribution in [0, 0.1) is 0 Å². The van der Waals surface area contributed by atoms with E-state index >= 15 is 0 Å². The van der Waals surface area contributed by atoms with Crippen molar-refractivity contribution in [2.45, 2.75) is 45.2 Å². The van der Waals surface area contributed by atoms with Crippen molar-refractivity contribution >= 4 is 0 Å². The zero-order chi connectivity index (χ0) is 13.2. The zero-order valence-corrected chi connectivity index (χ0v) is 12.3. The van der Waals surface area contributed by atoms with E-state index in [1.807, 2.05) is 0 Å². The average Bonchev–Trinajstić information content (AvgIpc) is 2.40. The van der Waals surface area contributed by atoms with E-state index in [-0.39, 0.29) is 0 Å². The molecule has 1 aliphatic heterocycles. The highest BCUT2D eigenvalue weighted by molar-refractivity contribution is 4.85. The van der Waals surface area contributed by atoms with Crippen LogP contribution >= 0.6 is 0 Å². The number of ether oxygens (including phenoxy) is 2. The van der Waals surface area contributed by atoms with Gasteiger partial charge in [0.1, 0.15) is 0 Å². The van der Waals surface area contributed by atoms with Crippen LogP contribution in [0.3, 0.4) is 0 Å². The molecule has 0 aromatic heterocycles. The summed E-state index contributed by atoms with van der Waals surface area (Å²) in [5, 5.41) is 3.64. The first-order chi connectivity index (χ1) is 8.81. The van der Waals surface area contributed by atoms with E-state index in [2.05, 4.69) is 24.1 Å². The third-order valence-electron chi connectivity index (χ3n) is 3.68. The summed E-state index contributed by atoms with van der Waals surface area (Å²) in [6.07, 6.45) is 3.74. The van der Waals surface area contributed by atoms with E-state index in [0.717, 1.165) is 26.2 Å². The molecule has 0 saturated carbocycles. The first-order valence-electron chi connectivity index (χ1n) is 7.35. The predicted molar refractivity (Wildman–Crippen MR) is 75.0 cm³/mol. The maximum atomic E-state index is 5.59. The maximum Gasteiger partial charge on any atom is 0.0700 e. The molecule has 0 aromatic rings. The fourth-order valence-corrected chi connectivity index (χ4v) is 2.52. The number of hydrogen-bond acceptors (Lipinski definition) is 4. The van der Waals surface area contributed by atoms with E-state index in [1.165, 1.54) is 19.3 Å². The maximum absolute atomic E-state index is 5.59. The summed E-state index contributed by atoms with van der Waals surface area (Å²) < 4.78 is 10.6. The highest BCUT2D eigenvalue weighted by atomic mass is 16.5. The molecule has 1 fully saturated rings. The molecule has 1 rings (SSSR count). The lowest BCUT2D eigenvalue weighted by atomic mass is 10.0. The monoisotopic (exact) mass is 258 g/mol. The van der Waals surface area contributed by atoms with Crippen molar-refractivity contribution in [3.8, 4) is 0 Å². The molecule has 0 bridgehead atoms. The molecule has 0 aliphatic carbocycles. The van der Waals surface area contributed by atoms with Gasteiger partial charge in [-0.3, -0.25) is 4.90 Å². The van der Waals surface area contributed by atoms with Crippen LogP contribution in [0.15, 0.2) is 0 Å². The Morgan fingerprint density at radius 1 is 1.22 bits per heavy atom. The molecule has 108 valence electrons. The first kappa shape index (κ1) is 15.9. The highest BCUT2D eigenvalue weighted by Crippen LogP contribution is 2.13. The zero-order valence-electron chi connectivity index (χ0n) is 12.3. The van der Waals surface area contributed by atoms with Crippen molar-refractivity contribution in [1.82, 2.24) is 10.2 Å². The fourth-order valence-electron chi connectivity index (χ4n) is 2.52. The molecule has 2 unspecified atom stereocenters. The minimum Gasteiger partial charge on any atom is -0.382 e. The lowest BCUT2D eigenvalue weighted by Crippen LogP contribution is -2.56. The molecule has 0 radical (unpaired) electrons. The lowest BCUT2D eigenvalue weighted by Gasteiger charge is -2.40. The third kappa shape index (κ3) is 5.65. The summed E-state index contributed by atoms with van der Waals surface area (Å²) >= 11 is 0. The molecule has 1 aliphatic rings. The topological polar surface area (TPSA) is 33.7 Å². The molecular formula is C14H30N2O2. The van der Waals surface area contributed by atoms with Crippen LogP contribution in [0.4, 0.5) is 0 Å². The molecule has 0 amide bonds. The summed E-state index contributed by atoms with van der Waals surface area (Å²) in [6, 6.07) is 1.33. The van der Waals surface area contributed by atoms with Gasteiger partial charge in [0.25, 0.3) is 0 Å². The van der Waals surface area contributed by atoms with Gasteiger partial charge in [-0.25, -0.2) is 0 Å². The number of hydrogen-bond donors (Lipinski definition) is 1. The molecule has 0 spiro atoms. The van der Waals surface area contributed by atoms with Crippen molar-refractivity contribution in [3.05, 3.63) is 0 Å². The minimum atomic E-state index is 0.650. The van der Waals surface area contributed by atoms with Crippen LogP contribution in [0.5, 0.6) is 0 Å². The van der Waals surface area contributed by atoms with E-state index in [9.17, 15) is 0 Å². The SMILES string of the molecule is CCCC1CNC(CC)CN1CCOCCOC. The molecule has 2 atom stereocenters. The third-order valence-corrected chi connectivity index (χ3v) is 3.68. The van der Waals surface area contributed by atoms with Crippen LogP contribution in [0.2, 0.25) is 0 Å². The second-order valence-corrected chi connectivity index (χ2v) is 5.06. The second-order valence-electron chi connectivity index (χ2n) is 5.06. The van der Waals surface area contributed by atoms with E-state index in [0.29, 0.717) is 25.3 Å². The van der Waals surface area contributed by atoms with E-state index in [1.54, 1.807) is 7.11 Å². The summed E-state index contributed by atoms with van der Waals surface area (Å²) in [5.41, 5.74) is 0. The van der Waals surface area contributed by atoms with Crippen molar-refractivity contribution in [2.24, 2.45) is 0 Å². The van der Waals surface area contributed by atoms with Gasteiger partial charge in [-0.15, -0.1) is 0 Å². The van der Waals surface area contributed by atoms with Gasteiger partial charge in [-0.05, 0) is 12.8 Å². The standard InChI is InChI=1S/C14H30N2O2/c1-4-6-14-11-15-13(5-2)12-16(14)7-8-18-10-9-17-3/h13-15H,4-12H2,1-3H3. The molecule has 18 heavy (non-hydrogen) atoms. The predicted octanol–water partition coefficient (Wildman–Crippen LogP) is 1.50. The Kier molecular flexibility index (Phi) is 8.59. The molecule has 4 heteroatoms. The smallest absolute Gasteiger partial charge is 0.0700 e. The lowest BCUT2D eigenvalue weighted by molar-refractivity contribution is 0.0375. The number of nitrogens with zero attached hydrogens (tertiary/aromatic N) is 1. The summed E-state index contributed by atoms with van der Waals surface area (Å²) in [4.78, 5) is 2.60. The summed E-state index contributed by atoms with van der Waals surface area (Å²) in [6.45, 7) is 10.1. The summed E-state index contributed by atoms with van der Waals surface area (Å²) in [5.74, 6) is 0. The Labute approximate surface area is 112 Å². The normalized spacial score (nSPS) is 25.5. The Morgan fingerprint density at radius 3 is 2.72 bits per heavy atom. The van der Waals surface area contributed by atoms with Gasteiger partial charge in [0.15, 0.2) is 0 Å². The average molecular weight is 258 g/mol. The van der Waals surface area contributed by atoms with E-state index < -0.39 is 0 Å². The van der Waals surface area contributed by atoms with Gasteiger partial charge < -0.3 is 14.8 Å². The van der Waals surface area contributed by atoms with Gasteiger partial charge in [0.05, 0.1) is 19.8 Å². The largest absolute Gasteiger partial charge is 0.382 e. The van der Waals surface area contributed by atoms with E-state index in [4.69, 9.17) is 9.47 Å². The van der Waals surface area contributed by atoms with Crippen molar-refractivity contribution < 1.29 is 9.47 Å². The quantitative estimate of drug-likeness (QED) is 0.636. The molecule has 1 heterocycles. The first-order valence-corrected chi connectivity index (χ1v) is 7.35. The van der Waals surface area contributed by atoms with Crippen LogP contribution in [-0.4, -0.2) is 63.5 Å². The van der Waals surface area contributed by atoms with Crippen LogP contribution in [0.25, 0.3) is 0 Å². The Morgan fingerprint density at radius 2 is 2.06 bits per heavy atom.